The van der Waals surface area contributed by atoms with Crippen LogP contribution in [0.1, 0.15) is 28.4 Å². The molecule has 0 radical (unpaired) electrons. The summed E-state index contributed by atoms with van der Waals surface area (Å²) >= 11 is 0. The van der Waals surface area contributed by atoms with Gasteiger partial charge in [0.05, 0.1) is 18.7 Å². The summed E-state index contributed by atoms with van der Waals surface area (Å²) < 4.78 is 51.4. The summed E-state index contributed by atoms with van der Waals surface area (Å²) in [6, 6.07) is 10.8. The minimum absolute atomic E-state index is 0.000396. The Morgan fingerprint density at radius 2 is 1.84 bits per heavy atom. The first-order valence-electron chi connectivity index (χ1n) is 9.65. The molecule has 1 amide bonds. The third-order valence-electron chi connectivity index (χ3n) is 5.14. The minimum Gasteiger partial charge on any atom is -0.493 e. The number of anilines is 1. The fourth-order valence-corrected chi connectivity index (χ4v) is 3.86. The summed E-state index contributed by atoms with van der Waals surface area (Å²) in [6.07, 6.45) is 0.495. The Balaban J connectivity index is 1.89. The molecular weight excluding hydrogens is 411 g/mol. The topological polar surface area (TPSA) is 55.8 Å². The quantitative estimate of drug-likeness (QED) is 0.503. The molecule has 3 aromatic rings. The van der Waals surface area contributed by atoms with Crippen molar-refractivity contribution >= 4 is 28.7 Å². The van der Waals surface area contributed by atoms with Crippen LogP contribution in [0.25, 0.3) is 10.8 Å². The zero-order chi connectivity index (χ0) is 22.1. The lowest BCUT2D eigenvalue weighted by Crippen LogP contribution is -2.23. The first kappa shape index (κ1) is 20.7. The second-order valence-corrected chi connectivity index (χ2v) is 6.91. The smallest absolute Gasteiger partial charge is 0.387 e. The molecule has 0 aromatic heterocycles. The molecule has 3 aromatic carbocycles. The van der Waals surface area contributed by atoms with Gasteiger partial charge in [-0.25, -0.2) is 4.39 Å². The summed E-state index contributed by atoms with van der Waals surface area (Å²) in [5.41, 5.74) is 0.812. The monoisotopic (exact) mass is 429 g/mol. The van der Waals surface area contributed by atoms with E-state index in [9.17, 15) is 22.8 Å². The third kappa shape index (κ3) is 3.58. The van der Waals surface area contributed by atoms with E-state index in [4.69, 9.17) is 9.47 Å². The van der Waals surface area contributed by atoms with Gasteiger partial charge in [-0.15, -0.1) is 0 Å². The molecule has 0 unspecified atom stereocenters. The normalized spacial score (nSPS) is 13.1. The van der Waals surface area contributed by atoms with Crippen LogP contribution in [-0.2, 0) is 17.8 Å². The lowest BCUT2D eigenvalue weighted by atomic mass is 9.99. The van der Waals surface area contributed by atoms with Crippen LogP contribution in [0.5, 0.6) is 11.5 Å². The molecular formula is C23H18F3NO4. The van der Waals surface area contributed by atoms with Gasteiger partial charge in [0.25, 0.3) is 5.91 Å². The van der Waals surface area contributed by atoms with Crippen molar-refractivity contribution in [3.8, 4) is 11.5 Å². The zero-order valence-corrected chi connectivity index (χ0v) is 16.5. The van der Waals surface area contributed by atoms with Crippen LogP contribution < -0.4 is 14.4 Å². The number of carbonyl (C=O) groups is 2. The van der Waals surface area contributed by atoms with Crippen LogP contribution in [0, 0.1) is 5.82 Å². The third-order valence-corrected chi connectivity index (χ3v) is 5.14. The molecule has 8 heteroatoms. The molecule has 0 atom stereocenters. The Morgan fingerprint density at radius 1 is 1.13 bits per heavy atom. The maximum Gasteiger partial charge on any atom is 0.387 e. The number of carbonyl (C=O) groups excluding carboxylic acids is 2. The van der Waals surface area contributed by atoms with E-state index in [1.807, 2.05) is 0 Å². The highest BCUT2D eigenvalue weighted by molar-refractivity contribution is 6.16. The van der Waals surface area contributed by atoms with E-state index in [2.05, 4.69) is 0 Å². The second-order valence-electron chi connectivity index (χ2n) is 6.91. The SMILES string of the molecule is CCOc1c2c(c(OC(F)F)c3ccccc13)C(=O)N(c1ccc(CC=O)c(F)c1)C2. The summed E-state index contributed by atoms with van der Waals surface area (Å²) in [7, 11) is 0. The van der Waals surface area contributed by atoms with E-state index in [-0.39, 0.29) is 35.5 Å². The average molecular weight is 429 g/mol. The molecule has 1 heterocycles. The van der Waals surface area contributed by atoms with E-state index in [0.29, 0.717) is 35.0 Å². The summed E-state index contributed by atoms with van der Waals surface area (Å²) in [6.45, 7) is -1.05. The van der Waals surface area contributed by atoms with Gasteiger partial charge < -0.3 is 19.2 Å². The van der Waals surface area contributed by atoms with Crippen molar-refractivity contribution < 1.29 is 32.2 Å². The predicted molar refractivity (Wildman–Crippen MR) is 108 cm³/mol. The number of benzene rings is 3. The maximum atomic E-state index is 14.4. The maximum absolute atomic E-state index is 14.4. The van der Waals surface area contributed by atoms with E-state index < -0.39 is 18.3 Å². The molecule has 0 bridgehead atoms. The molecule has 0 aliphatic carbocycles. The van der Waals surface area contributed by atoms with Gasteiger partial charge in [-0.2, -0.15) is 8.78 Å². The number of hydrogen-bond acceptors (Lipinski definition) is 4. The lowest BCUT2D eigenvalue weighted by Gasteiger charge is -2.17. The first-order chi connectivity index (χ1) is 15.0. The van der Waals surface area contributed by atoms with Crippen molar-refractivity contribution in [1.29, 1.82) is 0 Å². The Bertz CT molecular complexity index is 1180. The molecule has 5 nitrogen and oxygen atoms in total. The number of alkyl halides is 2. The van der Waals surface area contributed by atoms with E-state index >= 15 is 0 Å². The van der Waals surface area contributed by atoms with E-state index in [1.165, 1.54) is 17.0 Å². The Hall–Kier alpha value is -3.55. The van der Waals surface area contributed by atoms with Gasteiger partial charge in [-0.05, 0) is 24.6 Å². The first-order valence-corrected chi connectivity index (χ1v) is 9.65. The summed E-state index contributed by atoms with van der Waals surface area (Å²) in [5, 5.41) is 0.869. The van der Waals surface area contributed by atoms with Crippen molar-refractivity contribution in [3.05, 3.63) is 65.0 Å². The summed E-state index contributed by atoms with van der Waals surface area (Å²) in [5.74, 6) is -1.05. The van der Waals surface area contributed by atoms with E-state index in [1.54, 1.807) is 31.2 Å². The van der Waals surface area contributed by atoms with Crippen molar-refractivity contribution in [1.82, 2.24) is 0 Å². The van der Waals surface area contributed by atoms with Gasteiger partial charge in [0.15, 0.2) is 0 Å². The van der Waals surface area contributed by atoms with Crippen molar-refractivity contribution in [2.75, 3.05) is 11.5 Å². The van der Waals surface area contributed by atoms with Crippen LogP contribution in [0.3, 0.4) is 0 Å². The standard InChI is InChI=1S/C23H18F3NO4/c1-2-30-20-15-5-3-4-6-16(15)21(31-23(25)26)19-17(20)12-27(22(19)29)14-8-7-13(9-10-28)18(24)11-14/h3-8,10-11,23H,2,9,12H2,1H3. The number of rotatable bonds is 7. The van der Waals surface area contributed by atoms with Gasteiger partial charge in [-0.3, -0.25) is 4.79 Å². The van der Waals surface area contributed by atoms with Crippen LogP contribution in [0.2, 0.25) is 0 Å². The number of halogens is 3. The Kier molecular flexibility index (Phi) is 5.54. The molecule has 1 aliphatic rings. The number of hydrogen-bond donors (Lipinski definition) is 0. The van der Waals surface area contributed by atoms with Crippen molar-refractivity contribution in [3.63, 3.8) is 0 Å². The number of aldehydes is 1. The minimum atomic E-state index is -3.13. The largest absolute Gasteiger partial charge is 0.493 e. The number of amides is 1. The van der Waals surface area contributed by atoms with Gasteiger partial charge in [0.1, 0.15) is 23.6 Å². The number of ether oxygens (including phenoxy) is 2. The highest BCUT2D eigenvalue weighted by Crippen LogP contribution is 2.46. The zero-order valence-electron chi connectivity index (χ0n) is 16.5. The summed E-state index contributed by atoms with van der Waals surface area (Å²) in [4.78, 5) is 25.3. The molecule has 0 saturated carbocycles. The molecule has 1 aliphatic heterocycles. The van der Waals surface area contributed by atoms with Gasteiger partial charge in [0.2, 0.25) is 0 Å². The number of nitrogens with zero attached hydrogens (tertiary/aromatic N) is 1. The average Bonchev–Trinajstić information content (AvgIpc) is 3.09. The number of fused-ring (bicyclic) bond motifs is 2. The fourth-order valence-electron chi connectivity index (χ4n) is 3.86. The van der Waals surface area contributed by atoms with Gasteiger partial charge >= 0.3 is 6.61 Å². The van der Waals surface area contributed by atoms with E-state index in [0.717, 1.165) is 6.07 Å². The molecule has 4 rings (SSSR count). The molecule has 0 saturated heterocycles. The van der Waals surface area contributed by atoms with Gasteiger partial charge in [-0.1, -0.05) is 30.3 Å². The molecule has 0 N–H and O–H groups in total. The molecule has 0 spiro atoms. The second kappa shape index (κ2) is 8.29. The fraction of sp³-hybridized carbons (Fsp3) is 0.217. The van der Waals surface area contributed by atoms with Crippen LogP contribution >= 0.6 is 0 Å². The van der Waals surface area contributed by atoms with Crippen molar-refractivity contribution in [2.45, 2.75) is 26.5 Å². The van der Waals surface area contributed by atoms with Crippen LogP contribution in [0.15, 0.2) is 42.5 Å². The lowest BCUT2D eigenvalue weighted by molar-refractivity contribution is -0.107. The highest BCUT2D eigenvalue weighted by atomic mass is 19.3. The Labute approximate surface area is 176 Å². The molecule has 0 fully saturated rings. The highest BCUT2D eigenvalue weighted by Gasteiger charge is 2.37. The van der Waals surface area contributed by atoms with Crippen LogP contribution in [0.4, 0.5) is 18.9 Å². The predicted octanol–water partition coefficient (Wildman–Crippen LogP) is 4.88. The Morgan fingerprint density at radius 3 is 2.45 bits per heavy atom. The van der Waals surface area contributed by atoms with Crippen molar-refractivity contribution in [2.24, 2.45) is 0 Å². The molecule has 160 valence electrons. The van der Waals surface area contributed by atoms with Gasteiger partial charge in [0, 0.05) is 28.4 Å². The van der Waals surface area contributed by atoms with Crippen LogP contribution in [-0.4, -0.2) is 25.4 Å². The molecule has 31 heavy (non-hydrogen) atoms.